The van der Waals surface area contributed by atoms with Gasteiger partial charge in [0.1, 0.15) is 0 Å². The Labute approximate surface area is 143 Å². The van der Waals surface area contributed by atoms with Gasteiger partial charge in [-0.2, -0.15) is 5.10 Å². The molecule has 1 amide bonds. The lowest BCUT2D eigenvalue weighted by molar-refractivity contribution is -0.163. The molecule has 0 aliphatic carbocycles. The third-order valence-corrected chi connectivity index (χ3v) is 3.50. The van der Waals surface area contributed by atoms with Gasteiger partial charge in [0.05, 0.1) is 18.6 Å². The zero-order chi connectivity index (χ0) is 18.8. The van der Waals surface area contributed by atoms with Crippen molar-refractivity contribution >= 4 is 23.7 Å². The van der Waals surface area contributed by atoms with E-state index < -0.39 is 35.5 Å². The number of carboxylic acids is 1. The summed E-state index contributed by atoms with van der Waals surface area (Å²) in [6, 6.07) is 1.53. The molecule has 0 radical (unpaired) electrons. The van der Waals surface area contributed by atoms with E-state index in [1.165, 1.54) is 21.8 Å². The summed E-state index contributed by atoms with van der Waals surface area (Å²) in [4.78, 5) is 36.2. The topological polar surface area (TPSA) is 131 Å². The Morgan fingerprint density at radius 2 is 2.16 bits per heavy atom. The Balaban J connectivity index is 2.04. The Morgan fingerprint density at radius 1 is 1.48 bits per heavy atom. The Kier molecular flexibility index (Phi) is 5.43. The van der Waals surface area contributed by atoms with Crippen LogP contribution in [0.15, 0.2) is 12.3 Å². The molecule has 1 fully saturated rings. The number of aromatic nitrogens is 2. The first-order chi connectivity index (χ1) is 11.6. The monoisotopic (exact) mass is 355 g/mol. The molecule has 0 spiro atoms. The van der Waals surface area contributed by atoms with Crippen LogP contribution in [0.25, 0.3) is 0 Å². The van der Waals surface area contributed by atoms with E-state index in [-0.39, 0.29) is 25.7 Å². The highest BCUT2D eigenvalue weighted by atomic mass is 16.5. The number of carbonyl (C=O) groups is 3. The number of hydrogen-bond donors (Lipinski definition) is 2. The van der Waals surface area contributed by atoms with Gasteiger partial charge in [-0.1, -0.05) is 0 Å². The van der Waals surface area contributed by atoms with E-state index in [2.05, 4.69) is 5.10 Å². The van der Waals surface area contributed by atoms with Crippen LogP contribution in [-0.4, -0.2) is 63.2 Å². The molecule has 10 heteroatoms. The summed E-state index contributed by atoms with van der Waals surface area (Å²) in [5.41, 5.74) is -0.643. The summed E-state index contributed by atoms with van der Waals surface area (Å²) in [6.45, 7) is 5.29. The molecular formula is C15H21N3O7. The van der Waals surface area contributed by atoms with Gasteiger partial charge in [0.15, 0.2) is 24.8 Å². The predicted molar refractivity (Wildman–Crippen MR) is 83.5 cm³/mol. The lowest BCUT2D eigenvalue weighted by Gasteiger charge is -2.31. The lowest BCUT2D eigenvalue weighted by atomic mass is 9.98. The summed E-state index contributed by atoms with van der Waals surface area (Å²) in [5.74, 6) is -2.38. The number of aliphatic hydroxyl groups excluding tert-OH is 1. The van der Waals surface area contributed by atoms with Gasteiger partial charge in [-0.25, -0.2) is 9.48 Å². The molecule has 1 unspecified atom stereocenters. The number of carboxylic acid groups (broad SMARTS) is 1. The van der Waals surface area contributed by atoms with Crippen LogP contribution in [0, 0.1) is 5.41 Å². The van der Waals surface area contributed by atoms with Crippen LogP contribution < -0.4 is 4.90 Å². The van der Waals surface area contributed by atoms with Crippen LogP contribution >= 0.6 is 0 Å². The van der Waals surface area contributed by atoms with Crippen molar-refractivity contribution in [3.8, 4) is 0 Å². The van der Waals surface area contributed by atoms with Crippen molar-refractivity contribution in [2.75, 3.05) is 18.1 Å². The summed E-state index contributed by atoms with van der Waals surface area (Å²) in [6.07, 6.45) is -1.92. The van der Waals surface area contributed by atoms with Crippen molar-refractivity contribution in [2.45, 2.75) is 39.7 Å². The van der Waals surface area contributed by atoms with E-state index in [4.69, 9.17) is 14.6 Å². The van der Waals surface area contributed by atoms with Crippen LogP contribution in [0.2, 0.25) is 0 Å². The van der Waals surface area contributed by atoms with E-state index in [1.54, 1.807) is 20.8 Å². The van der Waals surface area contributed by atoms with Gasteiger partial charge in [0.2, 0.25) is 0 Å². The third kappa shape index (κ3) is 4.34. The maximum absolute atomic E-state index is 12.3. The molecule has 0 saturated carbocycles. The summed E-state index contributed by atoms with van der Waals surface area (Å²) in [7, 11) is 0. The molecule has 25 heavy (non-hydrogen) atoms. The zero-order valence-corrected chi connectivity index (χ0v) is 14.2. The predicted octanol–water partition coefficient (Wildman–Crippen LogP) is -0.393. The highest BCUT2D eigenvalue weighted by molar-refractivity contribution is 5.99. The molecule has 0 aromatic carbocycles. The standard InChI is InChI=1S/C15H21N3O7/c1-15(2,3)14(23)25-8-17-5-4-9(16-17)18-6-7-24-11(12(18)20)10(19)13(21)22/h4-5,10-11,19H,6-8H2,1-3H3,(H,21,22)/t10-,11?/m1/s1. The fourth-order valence-electron chi connectivity index (χ4n) is 2.10. The number of anilines is 1. The third-order valence-electron chi connectivity index (χ3n) is 3.50. The fraction of sp³-hybridized carbons (Fsp3) is 0.600. The van der Waals surface area contributed by atoms with Gasteiger partial charge in [0, 0.05) is 12.3 Å². The number of rotatable bonds is 5. The number of esters is 1. The minimum atomic E-state index is -1.95. The van der Waals surface area contributed by atoms with Crippen molar-refractivity contribution < 1.29 is 34.1 Å². The van der Waals surface area contributed by atoms with Gasteiger partial charge < -0.3 is 19.7 Å². The van der Waals surface area contributed by atoms with Crippen molar-refractivity contribution in [1.82, 2.24) is 9.78 Å². The highest BCUT2D eigenvalue weighted by Gasteiger charge is 2.40. The Bertz CT molecular complexity index is 664. The molecule has 1 aliphatic rings. The smallest absolute Gasteiger partial charge is 0.335 e. The number of ether oxygens (including phenoxy) is 2. The first-order valence-electron chi connectivity index (χ1n) is 7.66. The maximum Gasteiger partial charge on any atom is 0.335 e. The Morgan fingerprint density at radius 3 is 2.76 bits per heavy atom. The molecule has 1 aliphatic heterocycles. The van der Waals surface area contributed by atoms with Crippen LogP contribution in [-0.2, 0) is 30.6 Å². The highest BCUT2D eigenvalue weighted by Crippen LogP contribution is 2.19. The van der Waals surface area contributed by atoms with Crippen molar-refractivity contribution in [3.05, 3.63) is 12.3 Å². The van der Waals surface area contributed by atoms with Gasteiger partial charge in [-0.15, -0.1) is 0 Å². The van der Waals surface area contributed by atoms with Crippen molar-refractivity contribution in [1.29, 1.82) is 0 Å². The first kappa shape index (κ1) is 18.9. The number of carbonyl (C=O) groups excluding carboxylic acids is 2. The minimum Gasteiger partial charge on any atom is -0.479 e. The maximum atomic E-state index is 12.3. The van der Waals surface area contributed by atoms with E-state index in [9.17, 15) is 19.5 Å². The van der Waals surface area contributed by atoms with Gasteiger partial charge in [0.25, 0.3) is 5.91 Å². The van der Waals surface area contributed by atoms with Gasteiger partial charge in [-0.05, 0) is 20.8 Å². The number of amides is 1. The molecule has 1 aromatic heterocycles. The summed E-state index contributed by atoms with van der Waals surface area (Å²) in [5, 5.41) is 22.5. The van der Waals surface area contributed by atoms with Crippen LogP contribution in [0.4, 0.5) is 5.82 Å². The zero-order valence-electron chi connectivity index (χ0n) is 14.2. The lowest BCUT2D eigenvalue weighted by Crippen LogP contribution is -2.54. The molecule has 2 N–H and O–H groups in total. The second-order valence-electron chi connectivity index (χ2n) is 6.59. The summed E-state index contributed by atoms with van der Waals surface area (Å²) >= 11 is 0. The molecule has 1 aromatic rings. The first-order valence-corrected chi connectivity index (χ1v) is 7.66. The number of hydrogen-bond acceptors (Lipinski definition) is 7. The number of aliphatic hydroxyl groups is 1. The van der Waals surface area contributed by atoms with Crippen LogP contribution in [0.3, 0.4) is 0 Å². The van der Waals surface area contributed by atoms with Gasteiger partial charge in [-0.3, -0.25) is 14.5 Å². The van der Waals surface area contributed by atoms with Crippen molar-refractivity contribution in [3.63, 3.8) is 0 Å². The van der Waals surface area contributed by atoms with Gasteiger partial charge >= 0.3 is 11.9 Å². The molecular weight excluding hydrogens is 334 g/mol. The molecule has 138 valence electrons. The number of aliphatic carboxylic acids is 1. The van der Waals surface area contributed by atoms with E-state index in [0.717, 1.165) is 0 Å². The molecule has 10 nitrogen and oxygen atoms in total. The van der Waals surface area contributed by atoms with E-state index in [1.807, 2.05) is 0 Å². The molecule has 1 saturated heterocycles. The molecule has 2 atom stereocenters. The normalized spacial score (nSPS) is 19.6. The SMILES string of the molecule is CC(C)(C)C(=O)OCn1ccc(N2CCOC([C@@H](O)C(=O)O)C2=O)n1. The fourth-order valence-corrected chi connectivity index (χ4v) is 2.10. The number of nitrogens with zero attached hydrogens (tertiary/aromatic N) is 3. The quantitative estimate of drug-likeness (QED) is 0.683. The summed E-state index contributed by atoms with van der Waals surface area (Å²) < 4.78 is 11.5. The second-order valence-corrected chi connectivity index (χ2v) is 6.59. The molecule has 2 heterocycles. The van der Waals surface area contributed by atoms with Crippen LogP contribution in [0.5, 0.6) is 0 Å². The Hall–Kier alpha value is -2.46. The van der Waals surface area contributed by atoms with Crippen LogP contribution in [0.1, 0.15) is 20.8 Å². The second kappa shape index (κ2) is 7.19. The molecule has 0 bridgehead atoms. The number of morpholine rings is 1. The largest absolute Gasteiger partial charge is 0.479 e. The van der Waals surface area contributed by atoms with Crippen molar-refractivity contribution in [2.24, 2.45) is 5.41 Å². The molecule has 2 rings (SSSR count). The minimum absolute atomic E-state index is 0.0621. The average Bonchev–Trinajstić information content (AvgIpc) is 2.99. The van der Waals surface area contributed by atoms with E-state index >= 15 is 0 Å². The van der Waals surface area contributed by atoms with E-state index in [0.29, 0.717) is 0 Å². The average molecular weight is 355 g/mol.